The molecule has 0 radical (unpaired) electrons. The van der Waals surface area contributed by atoms with Gasteiger partial charge in [0.1, 0.15) is 5.82 Å². The Balaban J connectivity index is 1.81. The van der Waals surface area contributed by atoms with E-state index >= 15 is 0 Å². The Kier molecular flexibility index (Phi) is 4.01. The van der Waals surface area contributed by atoms with Crippen LogP contribution in [0.4, 0.5) is 5.82 Å². The van der Waals surface area contributed by atoms with Crippen LogP contribution in [-0.4, -0.2) is 16.1 Å². The molecule has 5 heteroatoms. The second kappa shape index (κ2) is 6.10. The van der Waals surface area contributed by atoms with Gasteiger partial charge in [-0.3, -0.25) is 4.79 Å². The van der Waals surface area contributed by atoms with Crippen LogP contribution in [0, 0.1) is 0 Å². The zero-order valence-corrected chi connectivity index (χ0v) is 12.7. The molecule has 0 aliphatic carbocycles. The van der Waals surface area contributed by atoms with Gasteiger partial charge in [-0.2, -0.15) is 0 Å². The summed E-state index contributed by atoms with van der Waals surface area (Å²) < 4.78 is 2.76. The number of pyridine rings is 2. The maximum absolute atomic E-state index is 12.3. The van der Waals surface area contributed by atoms with Crippen LogP contribution in [0.15, 0.2) is 46.8 Å². The maximum Gasteiger partial charge on any atom is 0.259 e. The average Bonchev–Trinajstić information content (AvgIpc) is 2.99. The monoisotopic (exact) mass is 299 g/mol. The second-order valence-electron chi connectivity index (χ2n) is 4.93. The molecule has 0 saturated heterocycles. The van der Waals surface area contributed by atoms with E-state index in [-0.39, 0.29) is 5.56 Å². The number of rotatable bonds is 5. The first-order valence-electron chi connectivity index (χ1n) is 7.03. The highest BCUT2D eigenvalue weighted by molar-refractivity contribution is 7.17. The molecule has 0 aliphatic heterocycles. The standard InChI is InChI=1S/C16H17N3OS/c1-2-7-17-15-4-3-12(10-18-15)11-19-8-5-14-13(16(19)20)6-9-21-14/h3-6,8-10H,2,7,11H2,1H3,(H,17,18). The molecule has 3 rings (SSSR count). The summed E-state index contributed by atoms with van der Waals surface area (Å²) in [5.41, 5.74) is 1.08. The highest BCUT2D eigenvalue weighted by Gasteiger charge is 2.04. The zero-order valence-electron chi connectivity index (χ0n) is 11.9. The Morgan fingerprint density at radius 2 is 2.19 bits per heavy atom. The molecule has 0 fully saturated rings. The van der Waals surface area contributed by atoms with Crippen molar-refractivity contribution in [2.75, 3.05) is 11.9 Å². The van der Waals surface area contributed by atoms with E-state index in [1.165, 1.54) is 0 Å². The Labute approximate surface area is 127 Å². The lowest BCUT2D eigenvalue weighted by Crippen LogP contribution is -2.19. The summed E-state index contributed by atoms with van der Waals surface area (Å²) in [5.74, 6) is 0.876. The van der Waals surface area contributed by atoms with Crippen LogP contribution in [0.1, 0.15) is 18.9 Å². The van der Waals surface area contributed by atoms with Crippen molar-refractivity contribution in [3.05, 3.63) is 58.0 Å². The van der Waals surface area contributed by atoms with Gasteiger partial charge < -0.3 is 9.88 Å². The third-order valence-electron chi connectivity index (χ3n) is 3.33. The third-order valence-corrected chi connectivity index (χ3v) is 4.21. The first-order valence-corrected chi connectivity index (χ1v) is 7.91. The van der Waals surface area contributed by atoms with Gasteiger partial charge in [-0.1, -0.05) is 13.0 Å². The molecule has 0 aliphatic rings. The lowest BCUT2D eigenvalue weighted by Gasteiger charge is -2.07. The largest absolute Gasteiger partial charge is 0.370 e. The molecule has 3 heterocycles. The highest BCUT2D eigenvalue weighted by atomic mass is 32.1. The molecule has 0 bridgehead atoms. The van der Waals surface area contributed by atoms with E-state index in [9.17, 15) is 4.79 Å². The molecule has 4 nitrogen and oxygen atoms in total. The number of nitrogens with one attached hydrogen (secondary N) is 1. The van der Waals surface area contributed by atoms with Crippen molar-refractivity contribution in [2.45, 2.75) is 19.9 Å². The van der Waals surface area contributed by atoms with E-state index in [1.54, 1.807) is 15.9 Å². The SMILES string of the molecule is CCCNc1ccc(Cn2ccc3sccc3c2=O)cn1. The minimum Gasteiger partial charge on any atom is -0.370 e. The fraction of sp³-hybridized carbons (Fsp3) is 0.250. The molecule has 108 valence electrons. The zero-order chi connectivity index (χ0) is 14.7. The van der Waals surface area contributed by atoms with Gasteiger partial charge in [0.2, 0.25) is 0 Å². The molecule has 0 saturated carbocycles. The molecule has 0 amide bonds. The topological polar surface area (TPSA) is 46.9 Å². The van der Waals surface area contributed by atoms with Gasteiger partial charge in [-0.15, -0.1) is 11.3 Å². The fourth-order valence-electron chi connectivity index (χ4n) is 2.20. The summed E-state index contributed by atoms with van der Waals surface area (Å²) in [7, 11) is 0. The van der Waals surface area contributed by atoms with E-state index in [2.05, 4.69) is 17.2 Å². The smallest absolute Gasteiger partial charge is 0.259 e. The van der Waals surface area contributed by atoms with Gasteiger partial charge in [0.25, 0.3) is 5.56 Å². The summed E-state index contributed by atoms with van der Waals surface area (Å²) in [6.45, 7) is 3.58. The van der Waals surface area contributed by atoms with E-state index in [0.29, 0.717) is 6.54 Å². The molecular formula is C16H17N3OS. The van der Waals surface area contributed by atoms with Crippen molar-refractivity contribution in [2.24, 2.45) is 0 Å². The summed E-state index contributed by atoms with van der Waals surface area (Å²) >= 11 is 1.59. The average molecular weight is 299 g/mol. The minimum absolute atomic E-state index is 0.0573. The van der Waals surface area contributed by atoms with Crippen LogP contribution in [0.2, 0.25) is 0 Å². The summed E-state index contributed by atoms with van der Waals surface area (Å²) in [6, 6.07) is 7.84. The van der Waals surface area contributed by atoms with Crippen molar-refractivity contribution in [3.8, 4) is 0 Å². The van der Waals surface area contributed by atoms with Crippen molar-refractivity contribution in [1.82, 2.24) is 9.55 Å². The minimum atomic E-state index is 0.0573. The normalized spacial score (nSPS) is 10.9. The van der Waals surface area contributed by atoms with Gasteiger partial charge in [-0.05, 0) is 35.6 Å². The Bertz CT molecular complexity index is 789. The summed E-state index contributed by atoms with van der Waals surface area (Å²) in [5, 5.41) is 5.98. The number of hydrogen-bond donors (Lipinski definition) is 1. The maximum atomic E-state index is 12.3. The first kappa shape index (κ1) is 13.8. The molecule has 0 spiro atoms. The lowest BCUT2D eigenvalue weighted by molar-refractivity contribution is 0.765. The van der Waals surface area contributed by atoms with Gasteiger partial charge in [0.05, 0.1) is 11.9 Å². The molecule has 3 aromatic heterocycles. The van der Waals surface area contributed by atoms with E-state index in [0.717, 1.165) is 34.4 Å². The molecule has 0 unspecified atom stereocenters. The van der Waals surface area contributed by atoms with Crippen molar-refractivity contribution >= 4 is 27.2 Å². The highest BCUT2D eigenvalue weighted by Crippen LogP contribution is 2.16. The van der Waals surface area contributed by atoms with Gasteiger partial charge in [-0.25, -0.2) is 4.98 Å². The van der Waals surface area contributed by atoms with Crippen molar-refractivity contribution < 1.29 is 0 Å². The number of anilines is 1. The summed E-state index contributed by atoms with van der Waals surface area (Å²) in [6.07, 6.45) is 4.74. The van der Waals surface area contributed by atoms with Crippen LogP contribution in [-0.2, 0) is 6.54 Å². The number of aromatic nitrogens is 2. The quantitative estimate of drug-likeness (QED) is 0.786. The summed E-state index contributed by atoms with van der Waals surface area (Å²) in [4.78, 5) is 16.7. The van der Waals surface area contributed by atoms with Crippen LogP contribution in [0.3, 0.4) is 0 Å². The predicted molar refractivity (Wildman–Crippen MR) is 88.2 cm³/mol. The molecule has 0 aromatic carbocycles. The predicted octanol–water partition coefficient (Wildman–Crippen LogP) is 3.33. The molecule has 1 N–H and O–H groups in total. The lowest BCUT2D eigenvalue weighted by atomic mass is 10.2. The molecular weight excluding hydrogens is 282 g/mol. The number of fused-ring (bicyclic) bond motifs is 1. The first-order chi connectivity index (χ1) is 10.3. The van der Waals surface area contributed by atoms with Crippen LogP contribution < -0.4 is 10.9 Å². The number of hydrogen-bond acceptors (Lipinski definition) is 4. The molecule has 0 atom stereocenters. The van der Waals surface area contributed by atoms with E-state index in [4.69, 9.17) is 0 Å². The van der Waals surface area contributed by atoms with E-state index in [1.807, 2.05) is 42.0 Å². The van der Waals surface area contributed by atoms with Gasteiger partial charge in [0, 0.05) is 23.6 Å². The van der Waals surface area contributed by atoms with Crippen molar-refractivity contribution in [3.63, 3.8) is 0 Å². The fourth-order valence-corrected chi connectivity index (χ4v) is 2.98. The van der Waals surface area contributed by atoms with Crippen LogP contribution >= 0.6 is 11.3 Å². The van der Waals surface area contributed by atoms with Crippen LogP contribution in [0.25, 0.3) is 10.1 Å². The van der Waals surface area contributed by atoms with E-state index < -0.39 is 0 Å². The third kappa shape index (κ3) is 2.97. The second-order valence-corrected chi connectivity index (χ2v) is 5.87. The van der Waals surface area contributed by atoms with Crippen LogP contribution in [0.5, 0.6) is 0 Å². The number of nitrogens with zero attached hydrogens (tertiary/aromatic N) is 2. The Hall–Kier alpha value is -2.14. The van der Waals surface area contributed by atoms with Gasteiger partial charge in [0.15, 0.2) is 0 Å². The molecule has 21 heavy (non-hydrogen) atoms. The number of thiophene rings is 1. The Morgan fingerprint density at radius 1 is 1.29 bits per heavy atom. The van der Waals surface area contributed by atoms with Gasteiger partial charge >= 0.3 is 0 Å². The Morgan fingerprint density at radius 3 is 2.95 bits per heavy atom. The van der Waals surface area contributed by atoms with Crippen molar-refractivity contribution in [1.29, 1.82) is 0 Å². The molecule has 3 aromatic rings.